The number of hydrogen-bond acceptors (Lipinski definition) is 5. The summed E-state index contributed by atoms with van der Waals surface area (Å²) in [6, 6.07) is 0. The van der Waals surface area contributed by atoms with Crippen molar-refractivity contribution < 1.29 is 48.3 Å². The Balaban J connectivity index is -0.000000291. The van der Waals surface area contributed by atoms with Crippen LogP contribution in [-0.2, 0) is 20.0 Å². The molecule has 0 aliphatic rings. The van der Waals surface area contributed by atoms with Crippen LogP contribution in [0.15, 0.2) is 0 Å². The quantitative estimate of drug-likeness (QED) is 0.468. The third-order valence-electron chi connectivity index (χ3n) is 3.30. The summed E-state index contributed by atoms with van der Waals surface area (Å²) in [4.78, 5) is 0. The lowest BCUT2D eigenvalue weighted by Crippen LogP contribution is -2.47. The lowest BCUT2D eigenvalue weighted by Gasteiger charge is -2.34. The van der Waals surface area contributed by atoms with E-state index in [1.54, 1.807) is 0 Å². The summed E-state index contributed by atoms with van der Waals surface area (Å²) in [5.74, 6) is 0. The summed E-state index contributed by atoms with van der Waals surface area (Å²) in [6.07, 6.45) is 0. The van der Waals surface area contributed by atoms with Gasteiger partial charge in [0, 0.05) is 0 Å². The first kappa shape index (κ1) is 29.1. The van der Waals surface area contributed by atoms with Gasteiger partial charge in [0.05, 0.1) is 36.2 Å². The molecule has 0 heterocycles. The average Bonchev–Trinajstić information content (AvgIpc) is 2.39. The molecule has 2 unspecified atom stereocenters. The summed E-state index contributed by atoms with van der Waals surface area (Å²) in [7, 11) is -10.9. The molecule has 3 N–H and O–H groups in total. The Labute approximate surface area is 143 Å². The Morgan fingerprint density at radius 2 is 1.00 bits per heavy atom. The molecule has 0 saturated heterocycles. The number of nitrogens with zero attached hydrogens (tertiary/aromatic N) is 1. The molecule has 0 aromatic rings. The van der Waals surface area contributed by atoms with E-state index in [1.165, 1.54) is 30.7 Å². The molecule has 0 aromatic carbocycles. The van der Waals surface area contributed by atoms with Crippen LogP contribution < -0.4 is 0 Å². The van der Waals surface area contributed by atoms with E-state index in [2.05, 4.69) is 27.7 Å². The van der Waals surface area contributed by atoms with Crippen molar-refractivity contribution >= 4 is 20.0 Å². The largest absolute Gasteiger partial charge is 0.758 e. The second kappa shape index (κ2) is 10.5. The first-order valence-corrected chi connectivity index (χ1v) is 9.72. The van der Waals surface area contributed by atoms with Crippen molar-refractivity contribution in [1.82, 2.24) is 0 Å². The molecule has 156 valence electrons. The van der Waals surface area contributed by atoms with Crippen LogP contribution in [0.2, 0.25) is 0 Å². The summed E-state index contributed by atoms with van der Waals surface area (Å²) in [5.41, 5.74) is -10.7. The van der Waals surface area contributed by atoms with Gasteiger partial charge in [0.1, 0.15) is 0 Å². The highest BCUT2D eigenvalue weighted by atomic mass is 32.2. The number of hydrogen-bond donors (Lipinski definition) is 3. The minimum Gasteiger partial charge on any atom is -0.758 e. The molecule has 7 nitrogen and oxygen atoms in total. The van der Waals surface area contributed by atoms with Crippen LogP contribution in [0.3, 0.4) is 0 Å². The van der Waals surface area contributed by atoms with Crippen molar-refractivity contribution in [1.29, 1.82) is 9.56 Å². The molecule has 2 atom stereocenters. The fraction of sp³-hybridized carbons (Fsp3) is 1.00. The lowest BCUT2D eigenvalue weighted by molar-refractivity contribution is -0.921. The van der Waals surface area contributed by atoms with Crippen molar-refractivity contribution in [2.24, 2.45) is 0 Å². The maximum Gasteiger partial charge on any atom is 0.503 e. The highest BCUT2D eigenvalue weighted by Gasteiger charge is 2.40. The zero-order valence-corrected chi connectivity index (χ0v) is 15.7. The molecule has 0 aliphatic carbocycles. The van der Waals surface area contributed by atoms with Crippen molar-refractivity contribution in [3.8, 4) is 0 Å². The van der Waals surface area contributed by atoms with Gasteiger partial charge in [-0.3, -0.25) is 13.5 Å². The van der Waals surface area contributed by atoms with Crippen molar-refractivity contribution in [3.63, 3.8) is 0 Å². The van der Waals surface area contributed by atoms with Gasteiger partial charge < -0.3 is 9.04 Å². The number of nitrogens with one attached hydrogen (secondary N) is 2. The van der Waals surface area contributed by atoms with Crippen molar-refractivity contribution in [3.05, 3.63) is 0 Å². The molecule has 0 saturated carbocycles. The first-order chi connectivity index (χ1) is 10.7. The topological polar surface area (TPSA) is 125 Å². The fourth-order valence-electron chi connectivity index (χ4n) is 1.34. The molecule has 0 aromatic heterocycles. The van der Waals surface area contributed by atoms with E-state index in [0.717, 1.165) is 0 Å². The second-order valence-corrected chi connectivity index (χ2v) is 7.51. The zero-order valence-electron chi connectivity index (χ0n) is 14.0. The van der Waals surface area contributed by atoms with E-state index in [1.807, 2.05) is 0 Å². The summed E-state index contributed by atoms with van der Waals surface area (Å²) in [5, 5.41) is 0. The third kappa shape index (κ3) is 12.4. The Morgan fingerprint density at radius 3 is 1.00 bits per heavy atom. The molecule has 0 amide bonds. The van der Waals surface area contributed by atoms with Gasteiger partial charge in [-0.05, 0) is 27.7 Å². The molecule has 0 aliphatic heterocycles. The van der Waals surface area contributed by atoms with Gasteiger partial charge in [-0.1, -0.05) is 0 Å². The fourth-order valence-corrected chi connectivity index (χ4v) is 1.34. The van der Waals surface area contributed by atoms with E-state index >= 15 is 0 Å². The Morgan fingerprint density at radius 1 is 0.840 bits per heavy atom. The van der Waals surface area contributed by atoms with E-state index in [4.69, 9.17) is 14.1 Å². The molecule has 0 radical (unpaired) electrons. The summed E-state index contributed by atoms with van der Waals surface area (Å²) in [6.45, 7) is 14.2. The number of halogens is 6. The standard InChI is InChI=1S/C8H20N.2CH2F3NO2S/c1-5-9(6-2,7-3)8-4;2*2-1(3,4)8(5,6)7/h5-8H2,1-4H3;2*(H2,5,6,7)/q+1;;/p-1. The van der Waals surface area contributed by atoms with Gasteiger partial charge in [0.15, 0.2) is 0 Å². The first-order valence-electron chi connectivity index (χ1n) is 6.73. The normalized spacial score (nSPS) is 17.1. The predicted molar refractivity (Wildman–Crippen MR) is 79.7 cm³/mol. The maximum absolute atomic E-state index is 10.8. The lowest BCUT2D eigenvalue weighted by atomic mass is 10.3. The Kier molecular flexibility index (Phi) is 12.2. The molecular formula is C10H23F6N3O4S2. The highest BCUT2D eigenvalue weighted by Crippen LogP contribution is 2.21. The smallest absolute Gasteiger partial charge is 0.503 e. The van der Waals surface area contributed by atoms with E-state index < -0.39 is 31.0 Å². The van der Waals surface area contributed by atoms with Crippen LogP contribution in [0.25, 0.3) is 0 Å². The molecule has 0 rings (SSSR count). The monoisotopic (exact) mass is 427 g/mol. The SMILES string of the molecule is CC[N+](CC)(CC)CC.N=S(=O)(O)C(F)(F)F.N=S(=O)([O-])C(F)(F)F. The molecule has 15 heteroatoms. The van der Waals surface area contributed by atoms with Crippen LogP contribution >= 0.6 is 0 Å². The highest BCUT2D eigenvalue weighted by molar-refractivity contribution is 7.87. The number of rotatable bonds is 4. The van der Waals surface area contributed by atoms with Crippen LogP contribution in [0, 0.1) is 9.56 Å². The van der Waals surface area contributed by atoms with Gasteiger partial charge in [0.2, 0.25) is 0 Å². The van der Waals surface area contributed by atoms with Crippen LogP contribution in [-0.4, -0.2) is 59.2 Å². The second-order valence-electron chi connectivity index (χ2n) is 4.53. The molecule has 0 spiro atoms. The number of alkyl halides is 6. The maximum atomic E-state index is 10.8. The minimum absolute atomic E-state index is 1.28. The van der Waals surface area contributed by atoms with Gasteiger partial charge in [0.25, 0.3) is 10.0 Å². The van der Waals surface area contributed by atoms with Crippen molar-refractivity contribution in [2.45, 2.75) is 38.7 Å². The third-order valence-corrected chi connectivity index (χ3v) is 4.54. The van der Waals surface area contributed by atoms with Gasteiger partial charge in [-0.15, -0.1) is 0 Å². The average molecular weight is 427 g/mol. The summed E-state index contributed by atoms with van der Waals surface area (Å²) >= 11 is 0. The Hall–Kier alpha value is -0.640. The summed E-state index contributed by atoms with van der Waals surface area (Å²) < 4.78 is 112. The van der Waals surface area contributed by atoms with E-state index in [0.29, 0.717) is 0 Å². The number of quaternary nitrogens is 1. The zero-order chi connectivity index (χ0) is 21.3. The van der Waals surface area contributed by atoms with Gasteiger partial charge in [-0.25, -0.2) is 8.99 Å². The van der Waals surface area contributed by atoms with Gasteiger partial charge >= 0.3 is 11.0 Å². The van der Waals surface area contributed by atoms with Gasteiger partial charge in [-0.2, -0.15) is 26.3 Å². The van der Waals surface area contributed by atoms with Crippen LogP contribution in [0.5, 0.6) is 0 Å². The van der Waals surface area contributed by atoms with Crippen LogP contribution in [0.4, 0.5) is 26.3 Å². The van der Waals surface area contributed by atoms with E-state index in [-0.39, 0.29) is 0 Å². The Bertz CT molecular complexity index is 509. The molecule has 0 fully saturated rings. The van der Waals surface area contributed by atoms with Crippen LogP contribution in [0.1, 0.15) is 27.7 Å². The predicted octanol–water partition coefficient (Wildman–Crippen LogP) is 3.59. The molecular weight excluding hydrogens is 404 g/mol. The van der Waals surface area contributed by atoms with E-state index in [9.17, 15) is 39.3 Å². The molecule has 25 heavy (non-hydrogen) atoms. The minimum atomic E-state index is -5.59. The van der Waals surface area contributed by atoms with Crippen molar-refractivity contribution in [2.75, 3.05) is 26.2 Å². The molecule has 0 bridgehead atoms.